The van der Waals surface area contributed by atoms with Gasteiger partial charge in [0, 0.05) is 44.0 Å². The molecule has 15 aromatic rings. The SMILES string of the molecule is c1ccc(N(c2ccc3c4c(c5ccccc5c3c2)-c2cc(N(c3ccccc3)c3cccc5c3oc3ccccc35)c3ccccc3c2C42c3ccccc3-c3ccccc32)c2cccc3c2oc2ccccc23)cc1. The Morgan fingerprint density at radius 3 is 1.35 bits per heavy atom. The van der Waals surface area contributed by atoms with Crippen molar-refractivity contribution in [1.29, 1.82) is 0 Å². The van der Waals surface area contributed by atoms with Crippen LogP contribution in [0.4, 0.5) is 34.1 Å². The number of furan rings is 2. The van der Waals surface area contributed by atoms with Crippen LogP contribution in [0.2, 0.25) is 0 Å². The molecule has 2 aliphatic rings. The summed E-state index contributed by atoms with van der Waals surface area (Å²) in [6.07, 6.45) is 0. The smallest absolute Gasteiger partial charge is 0.159 e. The number of rotatable bonds is 6. The van der Waals surface area contributed by atoms with E-state index in [-0.39, 0.29) is 0 Å². The fourth-order valence-corrected chi connectivity index (χ4v) is 13.8. The Morgan fingerprint density at radius 1 is 0.260 bits per heavy atom. The average molecular weight is 981 g/mol. The number of hydrogen-bond acceptors (Lipinski definition) is 4. The molecule has 0 aliphatic heterocycles. The Labute approximate surface area is 443 Å². The van der Waals surface area contributed by atoms with Gasteiger partial charge in [-0.15, -0.1) is 0 Å². The van der Waals surface area contributed by atoms with E-state index in [4.69, 9.17) is 8.83 Å². The third-order valence-corrected chi connectivity index (χ3v) is 16.8. The van der Waals surface area contributed by atoms with E-state index in [0.29, 0.717) is 0 Å². The molecule has 0 unspecified atom stereocenters. The number of nitrogens with zero attached hydrogens (tertiary/aromatic N) is 2. The van der Waals surface area contributed by atoms with Crippen LogP contribution in [-0.4, -0.2) is 0 Å². The van der Waals surface area contributed by atoms with Crippen molar-refractivity contribution in [1.82, 2.24) is 0 Å². The van der Waals surface area contributed by atoms with Gasteiger partial charge in [0.15, 0.2) is 11.2 Å². The topological polar surface area (TPSA) is 32.8 Å². The third kappa shape index (κ3) is 5.71. The van der Waals surface area contributed by atoms with Crippen molar-refractivity contribution in [2.45, 2.75) is 5.41 Å². The zero-order valence-corrected chi connectivity index (χ0v) is 41.6. The molecule has 4 heteroatoms. The summed E-state index contributed by atoms with van der Waals surface area (Å²) in [5, 5.41) is 11.6. The van der Waals surface area contributed by atoms with E-state index in [1.54, 1.807) is 0 Å². The first-order chi connectivity index (χ1) is 38.2. The van der Waals surface area contributed by atoms with Gasteiger partial charge in [-0.1, -0.05) is 200 Å². The van der Waals surface area contributed by atoms with Crippen molar-refractivity contribution in [3.63, 3.8) is 0 Å². The predicted octanol–water partition coefficient (Wildman–Crippen LogP) is 20.2. The molecule has 0 N–H and O–H groups in total. The van der Waals surface area contributed by atoms with Gasteiger partial charge in [0.1, 0.15) is 11.2 Å². The van der Waals surface area contributed by atoms with Crippen LogP contribution in [0.25, 0.3) is 98.4 Å². The van der Waals surface area contributed by atoms with Crippen LogP contribution in [0, 0.1) is 0 Å². The highest BCUT2D eigenvalue weighted by molar-refractivity contribution is 6.24. The number of benzene rings is 13. The molecular formula is C73H44N2O2. The second-order valence-electron chi connectivity index (χ2n) is 20.6. The minimum atomic E-state index is -0.685. The Balaban J connectivity index is 1.01. The molecule has 2 aliphatic carbocycles. The van der Waals surface area contributed by atoms with Crippen molar-refractivity contribution in [2.75, 3.05) is 9.80 Å². The highest BCUT2D eigenvalue weighted by Crippen LogP contribution is 2.68. The molecule has 13 aromatic carbocycles. The van der Waals surface area contributed by atoms with Crippen molar-refractivity contribution >= 4 is 110 Å². The molecule has 2 heterocycles. The Hall–Kier alpha value is -10.2. The maximum Gasteiger partial charge on any atom is 0.159 e. The second kappa shape index (κ2) is 15.9. The summed E-state index contributed by atoms with van der Waals surface area (Å²) in [6.45, 7) is 0. The zero-order valence-electron chi connectivity index (χ0n) is 41.6. The molecule has 2 aromatic heterocycles. The molecule has 0 bridgehead atoms. The van der Waals surface area contributed by atoms with E-state index in [1.807, 2.05) is 6.07 Å². The first-order valence-electron chi connectivity index (χ1n) is 26.5. The summed E-state index contributed by atoms with van der Waals surface area (Å²) >= 11 is 0. The number of hydrogen-bond donors (Lipinski definition) is 0. The minimum absolute atomic E-state index is 0.685. The van der Waals surface area contributed by atoms with Crippen LogP contribution in [0.5, 0.6) is 0 Å². The monoisotopic (exact) mass is 980 g/mol. The minimum Gasteiger partial charge on any atom is -0.454 e. The molecule has 0 fully saturated rings. The molecule has 358 valence electrons. The number of fused-ring (bicyclic) bond motifs is 23. The van der Waals surface area contributed by atoms with Crippen LogP contribution in [0.3, 0.4) is 0 Å². The van der Waals surface area contributed by atoms with Gasteiger partial charge < -0.3 is 18.6 Å². The molecule has 0 radical (unpaired) electrons. The molecule has 1 spiro atoms. The molecule has 0 amide bonds. The lowest BCUT2D eigenvalue weighted by Gasteiger charge is -2.34. The molecule has 77 heavy (non-hydrogen) atoms. The summed E-state index contributed by atoms with van der Waals surface area (Å²) in [7, 11) is 0. The molecule has 4 nitrogen and oxygen atoms in total. The van der Waals surface area contributed by atoms with E-state index in [2.05, 4.69) is 271 Å². The summed E-state index contributed by atoms with van der Waals surface area (Å²) < 4.78 is 13.7. The van der Waals surface area contributed by atoms with E-state index in [0.717, 1.165) is 83.4 Å². The molecular weight excluding hydrogens is 937 g/mol. The Kier molecular flexibility index (Phi) is 8.73. The van der Waals surface area contributed by atoms with Crippen LogP contribution in [0.1, 0.15) is 22.3 Å². The fraction of sp³-hybridized carbons (Fsp3) is 0.0137. The van der Waals surface area contributed by atoms with Crippen molar-refractivity contribution in [3.05, 3.63) is 289 Å². The summed E-state index contributed by atoms with van der Waals surface area (Å²) in [5.74, 6) is 0. The maximum absolute atomic E-state index is 6.90. The lowest BCUT2D eigenvalue weighted by Crippen LogP contribution is -2.26. The Morgan fingerprint density at radius 2 is 0.727 bits per heavy atom. The first-order valence-corrected chi connectivity index (χ1v) is 26.5. The van der Waals surface area contributed by atoms with E-state index in [9.17, 15) is 0 Å². The molecule has 0 atom stereocenters. The second-order valence-corrected chi connectivity index (χ2v) is 20.6. The fourth-order valence-electron chi connectivity index (χ4n) is 13.8. The quantitative estimate of drug-likeness (QED) is 0.155. The standard InChI is InChI=1S/C73H44N2O2/c1-3-21-45(22-4-1)74(63-37-19-33-57-52-29-13-17-39-66(52)76-71(57)63)47-41-42-56-59(43-47)48-25-7-9-31-54(48)68-60-44-65(75(46-23-5-2-6-24-46)64-38-20-34-58-53-30-14-18-40-67(53)77-72(58)64)51-28-8-10-32-55(51)69(60)73(70(56)68)61-35-15-11-26-49(61)50-27-12-16-36-62(50)73/h1-44H. The van der Waals surface area contributed by atoms with Crippen LogP contribution >= 0.6 is 0 Å². The van der Waals surface area contributed by atoms with Gasteiger partial charge in [-0.3, -0.25) is 0 Å². The van der Waals surface area contributed by atoms with Gasteiger partial charge in [-0.25, -0.2) is 0 Å². The number of para-hydroxylation sites is 6. The summed E-state index contributed by atoms with van der Waals surface area (Å²) in [4.78, 5) is 4.81. The zero-order chi connectivity index (χ0) is 50.3. The highest BCUT2D eigenvalue weighted by Gasteiger charge is 2.54. The predicted molar refractivity (Wildman–Crippen MR) is 319 cm³/mol. The normalized spacial score (nSPS) is 13.0. The lowest BCUT2D eigenvalue weighted by molar-refractivity contribution is 0.668. The van der Waals surface area contributed by atoms with Crippen LogP contribution < -0.4 is 9.80 Å². The highest BCUT2D eigenvalue weighted by atomic mass is 16.3. The summed E-state index contributed by atoms with van der Waals surface area (Å²) in [5.41, 5.74) is 19.2. The molecule has 0 saturated carbocycles. The largest absolute Gasteiger partial charge is 0.454 e. The van der Waals surface area contributed by atoms with E-state index < -0.39 is 5.41 Å². The van der Waals surface area contributed by atoms with Gasteiger partial charge in [0.25, 0.3) is 0 Å². The lowest BCUT2D eigenvalue weighted by atomic mass is 9.68. The van der Waals surface area contributed by atoms with Crippen LogP contribution in [0.15, 0.2) is 276 Å². The van der Waals surface area contributed by atoms with Gasteiger partial charge in [0.2, 0.25) is 0 Å². The van der Waals surface area contributed by atoms with Gasteiger partial charge in [-0.05, 0) is 138 Å². The average Bonchev–Trinajstić information content (AvgIpc) is 2.96. The molecule has 0 saturated heterocycles. The molecule has 17 rings (SSSR count). The van der Waals surface area contributed by atoms with Crippen molar-refractivity contribution in [3.8, 4) is 22.3 Å². The van der Waals surface area contributed by atoms with Crippen LogP contribution in [-0.2, 0) is 5.41 Å². The summed E-state index contributed by atoms with van der Waals surface area (Å²) in [6, 6.07) is 97.6. The van der Waals surface area contributed by atoms with Crippen molar-refractivity contribution < 1.29 is 8.83 Å². The van der Waals surface area contributed by atoms with E-state index >= 15 is 0 Å². The third-order valence-electron chi connectivity index (χ3n) is 16.8. The number of anilines is 6. The Bertz CT molecular complexity index is 4910. The van der Waals surface area contributed by atoms with Gasteiger partial charge in [0.05, 0.1) is 22.5 Å². The van der Waals surface area contributed by atoms with Crippen molar-refractivity contribution in [2.24, 2.45) is 0 Å². The van der Waals surface area contributed by atoms with Gasteiger partial charge in [-0.2, -0.15) is 0 Å². The van der Waals surface area contributed by atoms with Gasteiger partial charge >= 0.3 is 0 Å². The first kappa shape index (κ1) is 42.2. The van der Waals surface area contributed by atoms with E-state index in [1.165, 1.54) is 71.4 Å². The maximum atomic E-state index is 6.90.